The third-order valence-corrected chi connectivity index (χ3v) is 3.45. The van der Waals surface area contributed by atoms with Crippen LogP contribution in [0.5, 0.6) is 0 Å². The van der Waals surface area contributed by atoms with Crippen molar-refractivity contribution in [2.24, 2.45) is 11.8 Å². The minimum absolute atomic E-state index is 0.0294. The first-order valence-corrected chi connectivity index (χ1v) is 7.11. The summed E-state index contributed by atoms with van der Waals surface area (Å²) in [5, 5.41) is 0. The fraction of sp³-hybridized carbons (Fsp3) is 0.692. The normalized spacial score (nSPS) is 11.3. The molecular formula is C13H22N2O2S. The van der Waals surface area contributed by atoms with E-state index >= 15 is 0 Å². The minimum Gasteiger partial charge on any atom is -0.337 e. The van der Waals surface area contributed by atoms with E-state index in [0.29, 0.717) is 22.4 Å². The first-order chi connectivity index (χ1) is 8.31. The first kappa shape index (κ1) is 15.0. The molecule has 1 amide bonds. The molecule has 1 aromatic heterocycles. The molecule has 0 bridgehead atoms. The topological polar surface area (TPSA) is 53.2 Å². The standard InChI is InChI=1S/C13H22N2O2S/c1-8(2)6-15(7-9(3)4)12(16)11-10(5)14-13(17)18-11/h8-9H,6-7H2,1-5H3,(H,14,17). The summed E-state index contributed by atoms with van der Waals surface area (Å²) >= 11 is 1.00. The van der Waals surface area contributed by atoms with Gasteiger partial charge in [0.1, 0.15) is 4.88 Å². The second-order valence-electron chi connectivity index (χ2n) is 5.47. The summed E-state index contributed by atoms with van der Waals surface area (Å²) in [6.07, 6.45) is 0. The molecule has 1 N–H and O–H groups in total. The van der Waals surface area contributed by atoms with Crippen LogP contribution >= 0.6 is 11.3 Å². The molecule has 0 aliphatic heterocycles. The second-order valence-corrected chi connectivity index (χ2v) is 6.45. The molecule has 0 saturated carbocycles. The number of hydrogen-bond acceptors (Lipinski definition) is 3. The number of hydrogen-bond donors (Lipinski definition) is 1. The van der Waals surface area contributed by atoms with Crippen LogP contribution < -0.4 is 4.87 Å². The zero-order valence-corrected chi connectivity index (χ0v) is 12.6. The molecule has 0 aliphatic carbocycles. The number of aryl methyl sites for hydroxylation is 1. The van der Waals surface area contributed by atoms with E-state index in [-0.39, 0.29) is 10.8 Å². The van der Waals surface area contributed by atoms with Crippen molar-refractivity contribution in [2.45, 2.75) is 34.6 Å². The maximum Gasteiger partial charge on any atom is 0.305 e. The van der Waals surface area contributed by atoms with E-state index in [2.05, 4.69) is 32.7 Å². The smallest absolute Gasteiger partial charge is 0.305 e. The molecule has 0 aliphatic rings. The lowest BCUT2D eigenvalue weighted by Crippen LogP contribution is -2.36. The number of H-pyrrole nitrogens is 1. The van der Waals surface area contributed by atoms with E-state index in [4.69, 9.17) is 0 Å². The average molecular weight is 270 g/mol. The van der Waals surface area contributed by atoms with Gasteiger partial charge in [-0.1, -0.05) is 39.0 Å². The van der Waals surface area contributed by atoms with Crippen LogP contribution in [0.25, 0.3) is 0 Å². The monoisotopic (exact) mass is 270 g/mol. The number of rotatable bonds is 5. The van der Waals surface area contributed by atoms with Gasteiger partial charge in [0.25, 0.3) is 5.91 Å². The maximum atomic E-state index is 12.4. The highest BCUT2D eigenvalue weighted by molar-refractivity contribution is 7.11. The molecule has 0 radical (unpaired) electrons. The van der Waals surface area contributed by atoms with Crippen molar-refractivity contribution >= 4 is 17.2 Å². The number of carbonyl (C=O) groups excluding carboxylic acids is 1. The van der Waals surface area contributed by atoms with Crippen LogP contribution in [0.4, 0.5) is 0 Å². The molecule has 102 valence electrons. The Morgan fingerprint density at radius 3 is 2.06 bits per heavy atom. The Balaban J connectivity index is 2.94. The zero-order chi connectivity index (χ0) is 13.9. The zero-order valence-electron chi connectivity index (χ0n) is 11.7. The molecule has 0 fully saturated rings. The van der Waals surface area contributed by atoms with Gasteiger partial charge in [0, 0.05) is 18.8 Å². The number of thiazole rings is 1. The van der Waals surface area contributed by atoms with Crippen molar-refractivity contribution in [2.75, 3.05) is 13.1 Å². The number of nitrogens with zero attached hydrogens (tertiary/aromatic N) is 1. The van der Waals surface area contributed by atoms with E-state index < -0.39 is 0 Å². The molecule has 0 atom stereocenters. The summed E-state index contributed by atoms with van der Waals surface area (Å²) in [5.74, 6) is 0.811. The molecule has 0 aromatic carbocycles. The van der Waals surface area contributed by atoms with Gasteiger partial charge in [-0.05, 0) is 18.8 Å². The summed E-state index contributed by atoms with van der Waals surface area (Å²) < 4.78 is 0. The van der Waals surface area contributed by atoms with Crippen LogP contribution in [0.15, 0.2) is 4.79 Å². The van der Waals surface area contributed by atoms with Crippen LogP contribution in [0.1, 0.15) is 43.1 Å². The molecule has 1 heterocycles. The van der Waals surface area contributed by atoms with Gasteiger partial charge in [-0.3, -0.25) is 9.59 Å². The van der Waals surface area contributed by atoms with Crippen molar-refractivity contribution in [1.29, 1.82) is 0 Å². The van der Waals surface area contributed by atoms with Crippen molar-refractivity contribution < 1.29 is 4.79 Å². The lowest BCUT2D eigenvalue weighted by molar-refractivity contribution is 0.0719. The minimum atomic E-state index is -0.162. The van der Waals surface area contributed by atoms with Crippen LogP contribution in [-0.2, 0) is 0 Å². The third-order valence-electron chi connectivity index (χ3n) is 2.48. The van der Waals surface area contributed by atoms with Gasteiger partial charge in [0.2, 0.25) is 0 Å². The van der Waals surface area contributed by atoms with Crippen molar-refractivity contribution in [3.8, 4) is 0 Å². The SMILES string of the molecule is Cc1[nH]c(=O)sc1C(=O)N(CC(C)C)CC(C)C. The Morgan fingerprint density at radius 1 is 1.22 bits per heavy atom. The largest absolute Gasteiger partial charge is 0.337 e. The maximum absolute atomic E-state index is 12.4. The van der Waals surface area contributed by atoms with Crippen molar-refractivity contribution in [3.05, 3.63) is 20.2 Å². The van der Waals surface area contributed by atoms with Gasteiger partial charge in [-0.25, -0.2) is 0 Å². The Hall–Kier alpha value is -1.10. The Labute approximate surface area is 112 Å². The Kier molecular flexibility index (Phi) is 5.14. The van der Waals surface area contributed by atoms with Crippen LogP contribution in [0.2, 0.25) is 0 Å². The average Bonchev–Trinajstić information content (AvgIpc) is 2.54. The molecule has 4 nitrogen and oxygen atoms in total. The molecule has 0 saturated heterocycles. The number of amides is 1. The number of aromatic amines is 1. The molecule has 18 heavy (non-hydrogen) atoms. The highest BCUT2D eigenvalue weighted by atomic mass is 32.1. The van der Waals surface area contributed by atoms with Crippen molar-refractivity contribution in [3.63, 3.8) is 0 Å². The van der Waals surface area contributed by atoms with E-state index in [1.807, 2.05) is 4.90 Å². The van der Waals surface area contributed by atoms with E-state index in [0.717, 1.165) is 24.4 Å². The number of carbonyl (C=O) groups is 1. The molecular weight excluding hydrogens is 248 g/mol. The second kappa shape index (κ2) is 6.18. The predicted octanol–water partition coefficient (Wildman–Crippen LogP) is 2.50. The van der Waals surface area contributed by atoms with Crippen molar-refractivity contribution in [1.82, 2.24) is 9.88 Å². The summed E-state index contributed by atoms with van der Waals surface area (Å²) in [6.45, 7) is 11.6. The van der Waals surface area contributed by atoms with E-state index in [1.54, 1.807) is 6.92 Å². The Morgan fingerprint density at radius 2 is 1.72 bits per heavy atom. The number of nitrogens with one attached hydrogen (secondary N) is 1. The lowest BCUT2D eigenvalue weighted by Gasteiger charge is -2.26. The Bertz CT molecular complexity index is 450. The summed E-state index contributed by atoms with van der Waals surface area (Å²) in [4.78, 5) is 28.6. The first-order valence-electron chi connectivity index (χ1n) is 6.30. The highest BCUT2D eigenvalue weighted by Crippen LogP contribution is 2.14. The fourth-order valence-corrected chi connectivity index (χ4v) is 2.68. The number of aromatic nitrogens is 1. The summed E-state index contributed by atoms with van der Waals surface area (Å²) in [5.41, 5.74) is 0.674. The third kappa shape index (κ3) is 3.98. The van der Waals surface area contributed by atoms with Crippen LogP contribution in [-0.4, -0.2) is 28.9 Å². The quantitative estimate of drug-likeness (QED) is 0.893. The van der Waals surface area contributed by atoms with Gasteiger partial charge in [-0.15, -0.1) is 0 Å². The van der Waals surface area contributed by atoms with E-state index in [9.17, 15) is 9.59 Å². The molecule has 1 rings (SSSR count). The van der Waals surface area contributed by atoms with Gasteiger partial charge in [-0.2, -0.15) is 0 Å². The van der Waals surface area contributed by atoms with Gasteiger partial charge in [0.15, 0.2) is 0 Å². The molecule has 1 aromatic rings. The van der Waals surface area contributed by atoms with Gasteiger partial charge in [0.05, 0.1) is 0 Å². The molecule has 0 spiro atoms. The molecule has 5 heteroatoms. The summed E-state index contributed by atoms with van der Waals surface area (Å²) in [7, 11) is 0. The van der Waals surface area contributed by atoms with E-state index in [1.165, 1.54) is 0 Å². The molecule has 0 unspecified atom stereocenters. The van der Waals surface area contributed by atoms with Crippen LogP contribution in [0, 0.1) is 18.8 Å². The predicted molar refractivity (Wildman–Crippen MR) is 75.3 cm³/mol. The summed E-state index contributed by atoms with van der Waals surface area (Å²) in [6, 6.07) is 0. The van der Waals surface area contributed by atoms with Gasteiger partial charge < -0.3 is 9.88 Å². The fourth-order valence-electron chi connectivity index (χ4n) is 1.87. The van der Waals surface area contributed by atoms with Crippen LogP contribution in [0.3, 0.4) is 0 Å². The lowest BCUT2D eigenvalue weighted by atomic mass is 10.1. The van der Waals surface area contributed by atoms with Gasteiger partial charge >= 0.3 is 4.87 Å². The highest BCUT2D eigenvalue weighted by Gasteiger charge is 2.21.